The van der Waals surface area contributed by atoms with E-state index in [0.717, 1.165) is 25.7 Å². The quantitative estimate of drug-likeness (QED) is 0.928. The Morgan fingerprint density at radius 2 is 1.81 bits per heavy atom. The summed E-state index contributed by atoms with van der Waals surface area (Å²) < 4.78 is 27.0. The van der Waals surface area contributed by atoms with Crippen LogP contribution in [0.5, 0.6) is 0 Å². The number of sulfonamides is 1. The lowest BCUT2D eigenvalue weighted by molar-refractivity contribution is -0.141. The summed E-state index contributed by atoms with van der Waals surface area (Å²) in [5.41, 5.74) is 0. The Labute approximate surface area is 124 Å². The van der Waals surface area contributed by atoms with Crippen molar-refractivity contribution in [1.29, 1.82) is 0 Å². The van der Waals surface area contributed by atoms with E-state index in [1.54, 1.807) is 18.2 Å². The lowest BCUT2D eigenvalue weighted by Crippen LogP contribution is -2.46. The molecule has 1 aromatic rings. The molecule has 6 heteroatoms. The molecule has 3 rings (SSSR count). The second-order valence-electron chi connectivity index (χ2n) is 5.85. The summed E-state index contributed by atoms with van der Waals surface area (Å²) in [5, 5.41) is 9.43. The number of carboxylic acid groups (broad SMARTS) is 1. The molecule has 1 saturated heterocycles. The van der Waals surface area contributed by atoms with Crippen LogP contribution in [0.15, 0.2) is 35.2 Å². The van der Waals surface area contributed by atoms with Crippen LogP contribution in [0.4, 0.5) is 0 Å². The van der Waals surface area contributed by atoms with Crippen LogP contribution in [0.2, 0.25) is 0 Å². The maximum absolute atomic E-state index is 12.9. The summed E-state index contributed by atoms with van der Waals surface area (Å²) in [7, 11) is -3.75. The predicted octanol–water partition coefficient (Wildman–Crippen LogP) is 2.09. The van der Waals surface area contributed by atoms with Crippen LogP contribution in [0.25, 0.3) is 0 Å². The molecule has 114 valence electrons. The largest absolute Gasteiger partial charge is 0.480 e. The van der Waals surface area contributed by atoms with E-state index in [1.165, 1.54) is 16.4 Å². The summed E-state index contributed by atoms with van der Waals surface area (Å²) in [6.45, 7) is 0. The van der Waals surface area contributed by atoms with Crippen LogP contribution in [0.1, 0.15) is 32.1 Å². The summed E-state index contributed by atoms with van der Waals surface area (Å²) in [5.74, 6) is -0.859. The van der Waals surface area contributed by atoms with Gasteiger partial charge in [-0.25, -0.2) is 8.42 Å². The van der Waals surface area contributed by atoms with Crippen LogP contribution in [0, 0.1) is 5.92 Å². The van der Waals surface area contributed by atoms with Crippen molar-refractivity contribution in [3.63, 3.8) is 0 Å². The molecule has 21 heavy (non-hydrogen) atoms. The average molecular weight is 309 g/mol. The maximum Gasteiger partial charge on any atom is 0.322 e. The number of aliphatic carboxylic acids is 1. The van der Waals surface area contributed by atoms with Crippen molar-refractivity contribution in [2.75, 3.05) is 0 Å². The monoisotopic (exact) mass is 309 g/mol. The van der Waals surface area contributed by atoms with Crippen LogP contribution in [0.3, 0.4) is 0 Å². The van der Waals surface area contributed by atoms with Gasteiger partial charge in [-0.3, -0.25) is 4.79 Å². The number of carboxylic acids is 1. The van der Waals surface area contributed by atoms with Gasteiger partial charge in [0.1, 0.15) is 6.04 Å². The van der Waals surface area contributed by atoms with Crippen LogP contribution >= 0.6 is 0 Å². The molecule has 1 aliphatic carbocycles. The third kappa shape index (κ3) is 2.46. The van der Waals surface area contributed by atoms with Gasteiger partial charge in [-0.1, -0.05) is 31.0 Å². The van der Waals surface area contributed by atoms with E-state index in [0.29, 0.717) is 6.42 Å². The molecule has 0 radical (unpaired) electrons. The number of rotatable bonds is 3. The molecule has 1 aromatic carbocycles. The Kier molecular flexibility index (Phi) is 3.75. The molecule has 3 unspecified atom stereocenters. The van der Waals surface area contributed by atoms with Gasteiger partial charge in [0.15, 0.2) is 0 Å². The van der Waals surface area contributed by atoms with E-state index < -0.39 is 22.0 Å². The highest BCUT2D eigenvalue weighted by Gasteiger charge is 2.51. The fourth-order valence-corrected chi connectivity index (χ4v) is 5.58. The summed E-state index contributed by atoms with van der Waals surface area (Å²) in [6, 6.07) is 7.05. The van der Waals surface area contributed by atoms with Crippen LogP contribution in [-0.4, -0.2) is 35.9 Å². The molecule has 2 fully saturated rings. The number of benzene rings is 1. The van der Waals surface area contributed by atoms with E-state index in [9.17, 15) is 18.3 Å². The molecule has 1 saturated carbocycles. The zero-order chi connectivity index (χ0) is 15.0. The van der Waals surface area contributed by atoms with Crippen molar-refractivity contribution in [3.05, 3.63) is 30.3 Å². The Balaban J connectivity index is 2.02. The number of hydrogen-bond acceptors (Lipinski definition) is 3. The molecular weight excluding hydrogens is 290 g/mol. The van der Waals surface area contributed by atoms with Gasteiger partial charge >= 0.3 is 5.97 Å². The van der Waals surface area contributed by atoms with E-state index in [2.05, 4.69) is 0 Å². The molecule has 1 heterocycles. The minimum absolute atomic E-state index is 0.162. The van der Waals surface area contributed by atoms with Gasteiger partial charge < -0.3 is 5.11 Å². The molecule has 5 nitrogen and oxygen atoms in total. The van der Waals surface area contributed by atoms with E-state index in [-0.39, 0.29) is 16.9 Å². The molecule has 0 amide bonds. The summed E-state index contributed by atoms with van der Waals surface area (Å²) in [4.78, 5) is 11.7. The Hall–Kier alpha value is -1.40. The van der Waals surface area contributed by atoms with Crippen molar-refractivity contribution in [2.24, 2.45) is 5.92 Å². The van der Waals surface area contributed by atoms with Crippen molar-refractivity contribution >= 4 is 16.0 Å². The van der Waals surface area contributed by atoms with E-state index in [1.807, 2.05) is 0 Å². The normalized spacial score (nSPS) is 30.0. The van der Waals surface area contributed by atoms with Crippen molar-refractivity contribution < 1.29 is 18.3 Å². The first-order valence-electron chi connectivity index (χ1n) is 7.33. The van der Waals surface area contributed by atoms with Gasteiger partial charge in [0.2, 0.25) is 10.0 Å². The van der Waals surface area contributed by atoms with Crippen LogP contribution < -0.4 is 0 Å². The molecule has 1 N–H and O–H groups in total. The second-order valence-corrected chi connectivity index (χ2v) is 7.69. The Morgan fingerprint density at radius 1 is 1.14 bits per heavy atom. The third-order valence-corrected chi connectivity index (χ3v) is 6.58. The highest BCUT2D eigenvalue weighted by molar-refractivity contribution is 7.89. The van der Waals surface area contributed by atoms with Crippen molar-refractivity contribution in [1.82, 2.24) is 4.31 Å². The average Bonchev–Trinajstić information content (AvgIpc) is 2.88. The zero-order valence-corrected chi connectivity index (χ0v) is 12.5. The molecule has 2 aliphatic rings. The van der Waals surface area contributed by atoms with E-state index in [4.69, 9.17) is 0 Å². The smallest absolute Gasteiger partial charge is 0.322 e. The second kappa shape index (κ2) is 5.42. The Morgan fingerprint density at radius 3 is 2.48 bits per heavy atom. The van der Waals surface area contributed by atoms with Gasteiger partial charge in [0, 0.05) is 6.04 Å². The number of hydrogen-bond donors (Lipinski definition) is 1. The number of carbonyl (C=O) groups is 1. The minimum Gasteiger partial charge on any atom is -0.480 e. The first-order valence-corrected chi connectivity index (χ1v) is 8.77. The predicted molar refractivity (Wildman–Crippen MR) is 77.3 cm³/mol. The highest BCUT2D eigenvalue weighted by Crippen LogP contribution is 2.42. The van der Waals surface area contributed by atoms with Gasteiger partial charge in [-0.2, -0.15) is 4.31 Å². The Bertz CT molecular complexity index is 628. The topological polar surface area (TPSA) is 74.7 Å². The lowest BCUT2D eigenvalue weighted by atomic mass is 9.85. The molecule has 1 aliphatic heterocycles. The van der Waals surface area contributed by atoms with Gasteiger partial charge in [-0.15, -0.1) is 0 Å². The zero-order valence-electron chi connectivity index (χ0n) is 11.7. The van der Waals surface area contributed by atoms with Gasteiger partial charge in [0.25, 0.3) is 0 Å². The summed E-state index contributed by atoms with van der Waals surface area (Å²) in [6.07, 6.45) is 4.16. The fraction of sp³-hybridized carbons (Fsp3) is 0.533. The van der Waals surface area contributed by atoms with Crippen molar-refractivity contribution in [2.45, 2.75) is 49.1 Å². The number of nitrogens with zero attached hydrogens (tertiary/aromatic N) is 1. The molecule has 0 spiro atoms. The lowest BCUT2D eigenvalue weighted by Gasteiger charge is -2.32. The van der Waals surface area contributed by atoms with E-state index >= 15 is 0 Å². The standard InChI is InChI=1S/C15H19NO4S/c17-15(18)14-10-11-6-4-5-9-13(11)16(14)21(19,20)12-7-2-1-3-8-12/h1-3,7-8,11,13-14H,4-6,9-10H2,(H,17,18). The van der Waals surface area contributed by atoms with Gasteiger partial charge in [0.05, 0.1) is 4.90 Å². The fourth-order valence-electron chi connectivity index (χ4n) is 3.69. The molecular formula is C15H19NO4S. The number of fused-ring (bicyclic) bond motifs is 1. The highest BCUT2D eigenvalue weighted by atomic mass is 32.2. The first-order chi connectivity index (χ1) is 10.0. The third-order valence-electron chi connectivity index (χ3n) is 4.63. The maximum atomic E-state index is 12.9. The van der Waals surface area contributed by atoms with Gasteiger partial charge in [-0.05, 0) is 37.3 Å². The SMILES string of the molecule is O=C(O)C1CC2CCCCC2N1S(=O)(=O)c1ccccc1. The molecule has 3 atom stereocenters. The molecule has 0 aromatic heterocycles. The first kappa shape index (κ1) is 14.5. The minimum atomic E-state index is -3.75. The van der Waals surface area contributed by atoms with Crippen molar-refractivity contribution in [3.8, 4) is 0 Å². The summed E-state index contributed by atoms with van der Waals surface area (Å²) >= 11 is 0. The van der Waals surface area contributed by atoms with Crippen LogP contribution in [-0.2, 0) is 14.8 Å². The molecule has 0 bridgehead atoms.